The monoisotopic (exact) mass is 555 g/mol. The number of alkyl halides is 2. The Labute approximate surface area is 217 Å². The summed E-state index contributed by atoms with van der Waals surface area (Å²) in [5.41, 5.74) is 1.83. The Morgan fingerprint density at radius 2 is 1.92 bits per heavy atom. The number of benzene rings is 2. The summed E-state index contributed by atoms with van der Waals surface area (Å²) in [5.74, 6) is -0.237. The predicted octanol–water partition coefficient (Wildman–Crippen LogP) is 5.20. The molecule has 1 saturated heterocycles. The van der Waals surface area contributed by atoms with Crippen molar-refractivity contribution in [2.45, 2.75) is 43.7 Å². The minimum Gasteiger partial charge on any atom is -0.435 e. The Bertz CT molecular complexity index is 1330. The molecule has 1 aliphatic rings. The number of halogens is 3. The number of ether oxygens (including phenoxy) is 1. The Hall–Kier alpha value is -2.60. The molecule has 4 rings (SSSR count). The molecule has 0 spiro atoms. The number of carbonyl (C=O) groups is 1. The smallest absolute Gasteiger partial charge is 0.387 e. The summed E-state index contributed by atoms with van der Waals surface area (Å²) in [4.78, 5) is 17.2. The Balaban J connectivity index is 1.31. The molecule has 2 aromatic carbocycles. The Morgan fingerprint density at radius 1 is 1.22 bits per heavy atom. The number of thiazole rings is 1. The van der Waals surface area contributed by atoms with Crippen molar-refractivity contribution in [3.05, 3.63) is 74.7 Å². The average molecular weight is 556 g/mol. The van der Waals surface area contributed by atoms with Crippen molar-refractivity contribution in [2.24, 2.45) is 0 Å². The van der Waals surface area contributed by atoms with Crippen LogP contribution in [0.5, 0.6) is 5.75 Å². The fraction of sp³-hybridized carbons (Fsp3) is 0.333. The first-order valence-electron chi connectivity index (χ1n) is 11.2. The summed E-state index contributed by atoms with van der Waals surface area (Å²) in [7, 11) is -3.63. The number of hydrogen-bond acceptors (Lipinski definition) is 6. The van der Waals surface area contributed by atoms with Crippen LogP contribution < -0.4 is 10.1 Å². The van der Waals surface area contributed by atoms with Gasteiger partial charge in [0.1, 0.15) is 11.4 Å². The summed E-state index contributed by atoms with van der Waals surface area (Å²) >= 11 is 7.49. The number of piperidine rings is 1. The molecule has 0 radical (unpaired) electrons. The summed E-state index contributed by atoms with van der Waals surface area (Å²) in [5, 5.41) is 5.66. The van der Waals surface area contributed by atoms with Crippen molar-refractivity contribution in [3.63, 3.8) is 0 Å². The van der Waals surface area contributed by atoms with E-state index in [0.717, 1.165) is 16.1 Å². The van der Waals surface area contributed by atoms with E-state index in [1.165, 1.54) is 33.8 Å². The lowest BCUT2D eigenvalue weighted by molar-refractivity contribution is -0.0498. The average Bonchev–Trinajstić information content (AvgIpc) is 3.35. The van der Waals surface area contributed by atoms with Crippen molar-refractivity contribution < 1.29 is 26.7 Å². The number of aromatic nitrogens is 1. The van der Waals surface area contributed by atoms with Crippen molar-refractivity contribution in [1.29, 1.82) is 0 Å². The minimum atomic E-state index is -3.63. The Kier molecular flexibility index (Phi) is 8.23. The molecule has 12 heteroatoms. The van der Waals surface area contributed by atoms with E-state index in [4.69, 9.17) is 11.6 Å². The largest absolute Gasteiger partial charge is 0.435 e. The maximum Gasteiger partial charge on any atom is 0.387 e. The maximum atomic E-state index is 13.0. The molecule has 36 heavy (non-hydrogen) atoms. The highest BCUT2D eigenvalue weighted by molar-refractivity contribution is 7.89. The van der Waals surface area contributed by atoms with Crippen molar-refractivity contribution in [2.75, 3.05) is 13.1 Å². The van der Waals surface area contributed by atoms with E-state index in [1.54, 1.807) is 29.6 Å². The third kappa shape index (κ3) is 6.20. The van der Waals surface area contributed by atoms with Gasteiger partial charge in [-0.05, 0) is 55.2 Å². The minimum absolute atomic E-state index is 0.0470. The fourth-order valence-corrected chi connectivity index (χ4v) is 6.58. The molecule has 7 nitrogen and oxygen atoms in total. The number of amides is 1. The predicted molar refractivity (Wildman–Crippen MR) is 133 cm³/mol. The van der Waals surface area contributed by atoms with Gasteiger partial charge >= 0.3 is 6.61 Å². The van der Waals surface area contributed by atoms with Gasteiger partial charge < -0.3 is 10.1 Å². The molecule has 1 N–H and O–H groups in total. The van der Waals surface area contributed by atoms with E-state index in [0.29, 0.717) is 31.0 Å². The summed E-state index contributed by atoms with van der Waals surface area (Å²) in [6.45, 7) is -0.160. The van der Waals surface area contributed by atoms with Crippen LogP contribution in [0, 0.1) is 6.92 Å². The molecule has 2 heterocycles. The number of aryl methyl sites for hydroxylation is 1. The molecule has 0 unspecified atom stereocenters. The first-order valence-corrected chi connectivity index (χ1v) is 13.9. The molecule has 192 valence electrons. The molecule has 0 bridgehead atoms. The molecule has 0 atom stereocenters. The molecule has 1 aliphatic heterocycles. The second-order valence-corrected chi connectivity index (χ2v) is 11.6. The van der Waals surface area contributed by atoms with Gasteiger partial charge in [0.2, 0.25) is 10.0 Å². The standard InChI is InChI=1S/C24H24ClF2N3O4S2/c1-15-2-7-19(12-20(15)25)36(32,33)30-10-8-17(9-11-30)23-29-21(14-35-23)22(31)28-13-16-3-5-18(6-4-16)34-24(26)27/h2-7,12,14,17,24H,8-11,13H2,1H3,(H,28,31). The van der Waals surface area contributed by atoms with Gasteiger partial charge in [0.05, 0.1) is 9.90 Å². The van der Waals surface area contributed by atoms with Crippen LogP contribution in [0.2, 0.25) is 5.02 Å². The highest BCUT2D eigenvalue weighted by Gasteiger charge is 2.31. The molecule has 1 amide bonds. The maximum absolute atomic E-state index is 13.0. The van der Waals surface area contributed by atoms with Gasteiger partial charge in [-0.15, -0.1) is 11.3 Å². The van der Waals surface area contributed by atoms with Gasteiger partial charge in [0.25, 0.3) is 5.91 Å². The lowest BCUT2D eigenvalue weighted by atomic mass is 9.99. The van der Waals surface area contributed by atoms with E-state index in [9.17, 15) is 22.0 Å². The van der Waals surface area contributed by atoms with Crippen molar-refractivity contribution in [1.82, 2.24) is 14.6 Å². The number of nitrogens with zero attached hydrogens (tertiary/aromatic N) is 2. The van der Waals surface area contributed by atoms with Crippen LogP contribution >= 0.6 is 22.9 Å². The molecular weight excluding hydrogens is 532 g/mol. The van der Waals surface area contributed by atoms with E-state index >= 15 is 0 Å². The number of sulfonamides is 1. The third-order valence-electron chi connectivity index (χ3n) is 5.94. The quantitative estimate of drug-likeness (QED) is 0.412. The van der Waals surface area contributed by atoms with Gasteiger partial charge in [-0.2, -0.15) is 13.1 Å². The second-order valence-electron chi connectivity index (χ2n) is 8.37. The van der Waals surface area contributed by atoms with Crippen molar-refractivity contribution in [3.8, 4) is 5.75 Å². The van der Waals surface area contributed by atoms with Gasteiger partial charge in [-0.3, -0.25) is 4.79 Å². The molecular formula is C24H24ClF2N3O4S2. The number of carbonyl (C=O) groups excluding carboxylic acids is 1. The molecule has 1 fully saturated rings. The van der Waals surface area contributed by atoms with Crippen molar-refractivity contribution >= 4 is 38.9 Å². The number of rotatable bonds is 8. The van der Waals surface area contributed by atoms with E-state index in [2.05, 4.69) is 15.0 Å². The van der Waals surface area contributed by atoms with Crippen LogP contribution in [0.4, 0.5) is 8.78 Å². The SMILES string of the molecule is Cc1ccc(S(=O)(=O)N2CCC(c3nc(C(=O)NCc4ccc(OC(F)F)cc4)cs3)CC2)cc1Cl. The summed E-state index contributed by atoms with van der Waals surface area (Å²) in [6, 6.07) is 10.8. The Morgan fingerprint density at radius 3 is 2.56 bits per heavy atom. The van der Waals surface area contributed by atoms with Gasteiger partial charge in [0, 0.05) is 36.0 Å². The van der Waals surface area contributed by atoms with E-state index in [1.807, 2.05) is 6.92 Å². The fourth-order valence-electron chi connectivity index (χ4n) is 3.87. The molecule has 0 aliphatic carbocycles. The highest BCUT2D eigenvalue weighted by Crippen LogP contribution is 2.33. The van der Waals surface area contributed by atoms with Crippen LogP contribution in [0.3, 0.4) is 0 Å². The second kappa shape index (κ2) is 11.2. The first kappa shape index (κ1) is 26.5. The summed E-state index contributed by atoms with van der Waals surface area (Å²) < 4.78 is 56.3. The van der Waals surface area contributed by atoms with E-state index < -0.39 is 16.6 Å². The molecule has 1 aromatic heterocycles. The zero-order valence-electron chi connectivity index (χ0n) is 19.3. The first-order chi connectivity index (χ1) is 17.1. The van der Waals surface area contributed by atoms with Crippen LogP contribution in [0.15, 0.2) is 52.7 Å². The third-order valence-corrected chi connectivity index (χ3v) is 9.25. The molecule has 0 saturated carbocycles. The van der Waals surface area contributed by atoms with Gasteiger partial charge in [0.15, 0.2) is 0 Å². The topological polar surface area (TPSA) is 88.6 Å². The van der Waals surface area contributed by atoms with Gasteiger partial charge in [-0.1, -0.05) is 29.8 Å². The summed E-state index contributed by atoms with van der Waals surface area (Å²) in [6.07, 6.45) is 1.20. The van der Waals surface area contributed by atoms with Crippen LogP contribution in [0.1, 0.15) is 45.4 Å². The zero-order valence-corrected chi connectivity index (χ0v) is 21.7. The van der Waals surface area contributed by atoms with Crippen LogP contribution in [-0.2, 0) is 16.6 Å². The van der Waals surface area contributed by atoms with Gasteiger partial charge in [-0.25, -0.2) is 13.4 Å². The van der Waals surface area contributed by atoms with E-state index in [-0.39, 0.29) is 34.7 Å². The van der Waals surface area contributed by atoms with Crippen LogP contribution in [-0.4, -0.2) is 43.3 Å². The lowest BCUT2D eigenvalue weighted by Gasteiger charge is -2.30. The zero-order chi connectivity index (χ0) is 25.9. The molecule has 3 aromatic rings. The van der Waals surface area contributed by atoms with Crippen LogP contribution in [0.25, 0.3) is 0 Å². The normalized spacial score (nSPS) is 15.2. The number of nitrogens with one attached hydrogen (secondary N) is 1. The highest BCUT2D eigenvalue weighted by atomic mass is 35.5. The lowest BCUT2D eigenvalue weighted by Crippen LogP contribution is -2.37. The number of hydrogen-bond donors (Lipinski definition) is 1.